The van der Waals surface area contributed by atoms with E-state index in [1.165, 1.54) is 16.9 Å². The Morgan fingerprint density at radius 1 is 1.16 bits per heavy atom. The third-order valence-electron chi connectivity index (χ3n) is 5.59. The number of rotatable bonds is 6. The maximum absolute atomic E-state index is 13.0. The summed E-state index contributed by atoms with van der Waals surface area (Å²) in [7, 11) is 0. The molecular formula is C22H22N6O2S. The van der Waals surface area contributed by atoms with E-state index in [-0.39, 0.29) is 17.9 Å². The van der Waals surface area contributed by atoms with Gasteiger partial charge in [0.15, 0.2) is 0 Å². The predicted molar refractivity (Wildman–Crippen MR) is 118 cm³/mol. The lowest BCUT2D eigenvalue weighted by molar-refractivity contribution is -0.121. The number of aryl methyl sites for hydroxylation is 3. The Morgan fingerprint density at radius 2 is 2.06 bits per heavy atom. The van der Waals surface area contributed by atoms with Gasteiger partial charge in [-0.3, -0.25) is 18.7 Å². The summed E-state index contributed by atoms with van der Waals surface area (Å²) >= 11 is 1.64. The molecule has 158 valence electrons. The van der Waals surface area contributed by atoms with Gasteiger partial charge in [0.2, 0.25) is 5.91 Å². The Morgan fingerprint density at radius 3 is 2.87 bits per heavy atom. The van der Waals surface area contributed by atoms with Crippen molar-refractivity contribution in [2.75, 3.05) is 0 Å². The Hall–Kier alpha value is -3.33. The van der Waals surface area contributed by atoms with Crippen LogP contribution < -0.4 is 10.9 Å². The van der Waals surface area contributed by atoms with Gasteiger partial charge in [0.25, 0.3) is 5.56 Å². The second kappa shape index (κ2) is 8.43. The molecule has 4 heterocycles. The number of amides is 1. The van der Waals surface area contributed by atoms with E-state index >= 15 is 0 Å². The van der Waals surface area contributed by atoms with Crippen molar-refractivity contribution >= 4 is 27.5 Å². The molecule has 0 aromatic carbocycles. The quantitative estimate of drug-likeness (QED) is 0.503. The van der Waals surface area contributed by atoms with Gasteiger partial charge in [0.1, 0.15) is 17.0 Å². The minimum Gasteiger partial charge on any atom is -0.352 e. The monoisotopic (exact) mass is 434 g/mol. The van der Waals surface area contributed by atoms with Crippen molar-refractivity contribution in [3.63, 3.8) is 0 Å². The minimum atomic E-state index is -0.113. The molecule has 0 bridgehead atoms. The summed E-state index contributed by atoms with van der Waals surface area (Å²) in [4.78, 5) is 40.3. The Labute approximate surface area is 182 Å². The second-order valence-electron chi connectivity index (χ2n) is 7.66. The van der Waals surface area contributed by atoms with E-state index in [9.17, 15) is 9.59 Å². The molecule has 0 aliphatic heterocycles. The molecule has 5 rings (SSSR count). The van der Waals surface area contributed by atoms with Crippen LogP contribution in [0.5, 0.6) is 0 Å². The van der Waals surface area contributed by atoms with Gasteiger partial charge in [-0.05, 0) is 42.9 Å². The average molecular weight is 435 g/mol. The van der Waals surface area contributed by atoms with E-state index in [4.69, 9.17) is 0 Å². The number of pyridine rings is 1. The van der Waals surface area contributed by atoms with E-state index in [2.05, 4.69) is 20.3 Å². The molecule has 0 radical (unpaired) electrons. The summed E-state index contributed by atoms with van der Waals surface area (Å²) in [5.74, 6) is 0.656. The maximum atomic E-state index is 13.0. The third-order valence-corrected chi connectivity index (χ3v) is 6.79. The first-order valence-electron chi connectivity index (χ1n) is 10.4. The molecule has 0 spiro atoms. The summed E-state index contributed by atoms with van der Waals surface area (Å²) in [6, 6.07) is 3.80. The highest BCUT2D eigenvalue weighted by Crippen LogP contribution is 2.33. The fraction of sp³-hybridized carbons (Fsp3) is 0.318. The van der Waals surface area contributed by atoms with Gasteiger partial charge in [0.05, 0.1) is 11.7 Å². The van der Waals surface area contributed by atoms with Gasteiger partial charge in [-0.25, -0.2) is 15.0 Å². The molecule has 1 aliphatic carbocycles. The highest BCUT2D eigenvalue weighted by atomic mass is 32.1. The number of nitrogens with one attached hydrogen (secondary N) is 1. The molecule has 0 atom stereocenters. The van der Waals surface area contributed by atoms with E-state index in [0.717, 1.165) is 40.9 Å². The largest absolute Gasteiger partial charge is 0.352 e. The molecule has 0 saturated heterocycles. The molecule has 0 fully saturated rings. The number of nitrogens with zero attached hydrogens (tertiary/aromatic N) is 5. The predicted octanol–water partition coefficient (Wildman–Crippen LogP) is 2.62. The van der Waals surface area contributed by atoms with Crippen molar-refractivity contribution in [1.82, 2.24) is 29.4 Å². The lowest BCUT2D eigenvalue weighted by Crippen LogP contribution is -2.27. The molecule has 1 N–H and O–H groups in total. The van der Waals surface area contributed by atoms with E-state index in [1.54, 1.807) is 41.0 Å². The summed E-state index contributed by atoms with van der Waals surface area (Å²) in [5, 5.41) is 3.65. The molecule has 31 heavy (non-hydrogen) atoms. The van der Waals surface area contributed by atoms with Crippen molar-refractivity contribution in [3.05, 3.63) is 69.7 Å². The highest BCUT2D eigenvalue weighted by molar-refractivity contribution is 7.18. The van der Waals surface area contributed by atoms with Gasteiger partial charge in [-0.2, -0.15) is 0 Å². The van der Waals surface area contributed by atoms with Crippen LogP contribution in [0.4, 0.5) is 0 Å². The number of imidazole rings is 1. The lowest BCUT2D eigenvalue weighted by Gasteiger charge is -2.10. The Kier molecular flexibility index (Phi) is 5.33. The zero-order valence-corrected chi connectivity index (χ0v) is 17.8. The maximum Gasteiger partial charge on any atom is 0.262 e. The van der Waals surface area contributed by atoms with Crippen molar-refractivity contribution in [1.29, 1.82) is 0 Å². The van der Waals surface area contributed by atoms with Gasteiger partial charge in [0, 0.05) is 43.0 Å². The van der Waals surface area contributed by atoms with Crippen LogP contribution in [0.1, 0.15) is 35.3 Å². The molecule has 0 saturated carbocycles. The fourth-order valence-electron chi connectivity index (χ4n) is 3.92. The van der Waals surface area contributed by atoms with Crippen LogP contribution in [0, 0.1) is 0 Å². The van der Waals surface area contributed by atoms with Crippen molar-refractivity contribution in [2.45, 2.75) is 45.2 Å². The zero-order chi connectivity index (χ0) is 21.2. The summed E-state index contributed by atoms with van der Waals surface area (Å²) in [6.07, 6.45) is 13.0. The first kappa shape index (κ1) is 19.6. The zero-order valence-electron chi connectivity index (χ0n) is 17.0. The minimum absolute atomic E-state index is 0.0310. The van der Waals surface area contributed by atoms with Crippen LogP contribution in [0.25, 0.3) is 16.0 Å². The van der Waals surface area contributed by atoms with Crippen LogP contribution in [-0.4, -0.2) is 30.0 Å². The number of hydrogen-bond acceptors (Lipinski definition) is 6. The van der Waals surface area contributed by atoms with Crippen LogP contribution in [0.3, 0.4) is 0 Å². The topological polar surface area (TPSA) is 94.7 Å². The SMILES string of the molecule is O=C(CCn1cnc2sc3c(c2c1=O)CCCC3)NCc1ccc(-n2ccnc2)nc1. The fourth-order valence-corrected chi connectivity index (χ4v) is 5.14. The molecular weight excluding hydrogens is 412 g/mol. The summed E-state index contributed by atoms with van der Waals surface area (Å²) in [5.41, 5.74) is 2.05. The number of carbonyl (C=O) groups excluding carboxylic acids is 1. The molecule has 1 aliphatic rings. The van der Waals surface area contributed by atoms with Gasteiger partial charge in [-0.15, -0.1) is 11.3 Å². The lowest BCUT2D eigenvalue weighted by atomic mass is 9.97. The standard InChI is InChI=1S/C22H22N6O2S/c29-19(25-12-15-5-6-18(24-11-15)27-10-8-23-13-27)7-9-28-14-26-21-20(22(28)30)16-3-1-2-4-17(16)31-21/h5-6,8,10-11,13-14H,1-4,7,9,12H2,(H,25,29). The summed E-state index contributed by atoms with van der Waals surface area (Å²) in [6.45, 7) is 0.705. The first-order chi connectivity index (χ1) is 15.2. The molecule has 4 aromatic rings. The summed E-state index contributed by atoms with van der Waals surface area (Å²) < 4.78 is 3.38. The third kappa shape index (κ3) is 4.00. The van der Waals surface area contributed by atoms with Crippen LogP contribution >= 0.6 is 11.3 Å². The van der Waals surface area contributed by atoms with Crippen LogP contribution in [0.15, 0.2) is 48.2 Å². The Balaban J connectivity index is 1.20. The number of carbonyl (C=O) groups is 1. The first-order valence-corrected chi connectivity index (χ1v) is 11.2. The number of thiophene rings is 1. The molecule has 4 aromatic heterocycles. The van der Waals surface area contributed by atoms with Crippen molar-refractivity contribution in [3.8, 4) is 5.82 Å². The molecule has 9 heteroatoms. The molecule has 1 amide bonds. The molecule has 8 nitrogen and oxygen atoms in total. The van der Waals surface area contributed by atoms with E-state index < -0.39 is 0 Å². The van der Waals surface area contributed by atoms with Crippen molar-refractivity contribution in [2.24, 2.45) is 0 Å². The van der Waals surface area contributed by atoms with E-state index in [0.29, 0.717) is 13.1 Å². The van der Waals surface area contributed by atoms with Crippen molar-refractivity contribution < 1.29 is 4.79 Å². The van der Waals surface area contributed by atoms with E-state index in [1.807, 2.05) is 22.9 Å². The van der Waals surface area contributed by atoms with Gasteiger partial charge >= 0.3 is 0 Å². The number of aromatic nitrogens is 5. The van der Waals surface area contributed by atoms with Crippen LogP contribution in [-0.2, 0) is 30.7 Å². The van der Waals surface area contributed by atoms with Gasteiger partial charge in [-0.1, -0.05) is 6.07 Å². The Bertz CT molecular complexity index is 1270. The average Bonchev–Trinajstić information content (AvgIpc) is 3.46. The van der Waals surface area contributed by atoms with Crippen LogP contribution in [0.2, 0.25) is 0 Å². The highest BCUT2D eigenvalue weighted by Gasteiger charge is 2.20. The second-order valence-corrected chi connectivity index (χ2v) is 8.74. The number of fused-ring (bicyclic) bond motifs is 3. The normalized spacial score (nSPS) is 13.3. The van der Waals surface area contributed by atoms with Gasteiger partial charge < -0.3 is 5.32 Å². The number of hydrogen-bond donors (Lipinski definition) is 1. The smallest absolute Gasteiger partial charge is 0.262 e. The molecule has 0 unspecified atom stereocenters.